The first-order valence-corrected chi connectivity index (χ1v) is 5.40. The third-order valence-electron chi connectivity index (χ3n) is 3.44. The summed E-state index contributed by atoms with van der Waals surface area (Å²) in [6.45, 7) is 2.18. The van der Waals surface area contributed by atoms with E-state index in [2.05, 4.69) is 31.2 Å². The number of ether oxygens (including phenoxy) is 1. The molecule has 0 heterocycles. The van der Waals surface area contributed by atoms with E-state index in [4.69, 9.17) is 4.74 Å². The van der Waals surface area contributed by atoms with Gasteiger partial charge in [0.2, 0.25) is 0 Å². The molecule has 0 radical (unpaired) electrons. The monoisotopic (exact) mass is 190 g/mol. The Labute approximate surface area is 86.1 Å². The van der Waals surface area contributed by atoms with E-state index in [-0.39, 0.29) is 5.60 Å². The van der Waals surface area contributed by atoms with Crippen molar-refractivity contribution in [2.75, 3.05) is 7.11 Å². The molecule has 1 nitrogen and oxygen atoms in total. The first kappa shape index (κ1) is 9.72. The Kier molecular flexibility index (Phi) is 2.60. The minimum absolute atomic E-state index is 0.0192. The summed E-state index contributed by atoms with van der Waals surface area (Å²) < 4.78 is 5.77. The molecule has 0 unspecified atom stereocenters. The van der Waals surface area contributed by atoms with Gasteiger partial charge in [-0.3, -0.25) is 0 Å². The second-order valence-corrected chi connectivity index (χ2v) is 4.22. The fourth-order valence-corrected chi connectivity index (χ4v) is 2.61. The molecule has 76 valence electrons. The van der Waals surface area contributed by atoms with Crippen LogP contribution in [0.15, 0.2) is 24.3 Å². The molecule has 2 rings (SSSR count). The molecule has 0 N–H and O–H groups in total. The lowest BCUT2D eigenvalue weighted by atomic mass is 9.88. The highest BCUT2D eigenvalue weighted by Gasteiger charge is 2.36. The Morgan fingerprint density at radius 1 is 1.14 bits per heavy atom. The molecule has 1 aliphatic rings. The van der Waals surface area contributed by atoms with Crippen molar-refractivity contribution in [2.45, 2.75) is 38.2 Å². The van der Waals surface area contributed by atoms with Crippen LogP contribution in [0.1, 0.15) is 36.8 Å². The maximum atomic E-state index is 5.77. The zero-order chi connectivity index (χ0) is 10.0. The fourth-order valence-electron chi connectivity index (χ4n) is 2.61. The second kappa shape index (κ2) is 3.74. The van der Waals surface area contributed by atoms with Gasteiger partial charge < -0.3 is 4.74 Å². The van der Waals surface area contributed by atoms with E-state index in [0.717, 1.165) is 0 Å². The molecule has 0 saturated heterocycles. The number of hydrogen-bond donors (Lipinski definition) is 0. The Morgan fingerprint density at radius 3 is 2.36 bits per heavy atom. The van der Waals surface area contributed by atoms with Crippen molar-refractivity contribution in [3.8, 4) is 0 Å². The summed E-state index contributed by atoms with van der Waals surface area (Å²) in [7, 11) is 1.84. The molecule has 0 spiro atoms. The third kappa shape index (κ3) is 1.46. The molecule has 1 fully saturated rings. The van der Waals surface area contributed by atoms with E-state index in [0.29, 0.717) is 0 Å². The zero-order valence-electron chi connectivity index (χ0n) is 9.05. The molecule has 1 heteroatoms. The molecule has 1 aromatic rings. The first-order valence-electron chi connectivity index (χ1n) is 5.40. The van der Waals surface area contributed by atoms with Crippen LogP contribution in [0, 0.1) is 6.92 Å². The molecule has 1 aromatic carbocycles. The summed E-state index contributed by atoms with van der Waals surface area (Å²) in [5.41, 5.74) is 2.77. The fraction of sp³-hybridized carbons (Fsp3) is 0.538. The maximum absolute atomic E-state index is 5.77. The molecular weight excluding hydrogens is 172 g/mol. The smallest absolute Gasteiger partial charge is 0.0930 e. The summed E-state index contributed by atoms with van der Waals surface area (Å²) >= 11 is 0. The second-order valence-electron chi connectivity index (χ2n) is 4.22. The Morgan fingerprint density at radius 2 is 1.79 bits per heavy atom. The standard InChI is InChI=1S/C13H18O/c1-11-7-3-4-8-12(11)13(14-2)9-5-6-10-13/h3-4,7-8H,5-6,9-10H2,1-2H3. The average molecular weight is 190 g/mol. The van der Waals surface area contributed by atoms with Crippen LogP contribution in [0.5, 0.6) is 0 Å². The predicted octanol–water partition coefficient (Wildman–Crippen LogP) is 3.41. The highest BCUT2D eigenvalue weighted by Crippen LogP contribution is 2.42. The maximum Gasteiger partial charge on any atom is 0.0930 e. The van der Waals surface area contributed by atoms with Crippen LogP contribution in [0.2, 0.25) is 0 Å². The van der Waals surface area contributed by atoms with Crippen LogP contribution in [0.4, 0.5) is 0 Å². The lowest BCUT2D eigenvalue weighted by Crippen LogP contribution is -2.25. The Hall–Kier alpha value is -0.820. The normalized spacial score (nSPS) is 19.9. The Bertz CT molecular complexity index is 311. The summed E-state index contributed by atoms with van der Waals surface area (Å²) in [5, 5.41) is 0. The van der Waals surface area contributed by atoms with Gasteiger partial charge in [0.25, 0.3) is 0 Å². The van der Waals surface area contributed by atoms with Crippen LogP contribution in [-0.2, 0) is 10.3 Å². The van der Waals surface area contributed by atoms with Crippen molar-refractivity contribution < 1.29 is 4.74 Å². The topological polar surface area (TPSA) is 9.23 Å². The number of aryl methyl sites for hydroxylation is 1. The van der Waals surface area contributed by atoms with Crippen LogP contribution in [0.25, 0.3) is 0 Å². The van der Waals surface area contributed by atoms with Gasteiger partial charge in [0.1, 0.15) is 0 Å². The van der Waals surface area contributed by atoms with Crippen molar-refractivity contribution in [2.24, 2.45) is 0 Å². The van der Waals surface area contributed by atoms with Crippen molar-refractivity contribution in [3.63, 3.8) is 0 Å². The first-order chi connectivity index (χ1) is 6.78. The third-order valence-corrected chi connectivity index (χ3v) is 3.44. The zero-order valence-corrected chi connectivity index (χ0v) is 9.05. The number of rotatable bonds is 2. The molecule has 0 aromatic heterocycles. The highest BCUT2D eigenvalue weighted by molar-refractivity contribution is 5.32. The van der Waals surface area contributed by atoms with E-state index >= 15 is 0 Å². The Balaban J connectivity index is 2.41. The molecule has 14 heavy (non-hydrogen) atoms. The van der Waals surface area contributed by atoms with Gasteiger partial charge >= 0.3 is 0 Å². The highest BCUT2D eigenvalue weighted by atomic mass is 16.5. The van der Waals surface area contributed by atoms with Gasteiger partial charge in [-0.25, -0.2) is 0 Å². The van der Waals surface area contributed by atoms with Gasteiger partial charge in [-0.05, 0) is 30.9 Å². The minimum Gasteiger partial charge on any atom is -0.374 e. The van der Waals surface area contributed by atoms with Crippen molar-refractivity contribution in [1.82, 2.24) is 0 Å². The minimum atomic E-state index is 0.0192. The number of methoxy groups -OCH3 is 1. The number of benzene rings is 1. The quantitative estimate of drug-likeness (QED) is 0.694. The van der Waals surface area contributed by atoms with Gasteiger partial charge in [0.05, 0.1) is 5.60 Å². The lowest BCUT2D eigenvalue weighted by Gasteiger charge is -2.29. The lowest BCUT2D eigenvalue weighted by molar-refractivity contribution is -0.00920. The summed E-state index contributed by atoms with van der Waals surface area (Å²) in [6.07, 6.45) is 4.94. The molecule has 0 aliphatic heterocycles. The molecule has 1 aliphatic carbocycles. The van der Waals surface area contributed by atoms with E-state index < -0.39 is 0 Å². The van der Waals surface area contributed by atoms with Gasteiger partial charge in [0.15, 0.2) is 0 Å². The molecule has 0 amide bonds. The van der Waals surface area contributed by atoms with Gasteiger partial charge in [0, 0.05) is 7.11 Å². The van der Waals surface area contributed by atoms with Crippen LogP contribution in [-0.4, -0.2) is 7.11 Å². The largest absolute Gasteiger partial charge is 0.374 e. The summed E-state index contributed by atoms with van der Waals surface area (Å²) in [4.78, 5) is 0. The van der Waals surface area contributed by atoms with Crippen LogP contribution in [0.3, 0.4) is 0 Å². The van der Waals surface area contributed by atoms with Gasteiger partial charge in [-0.15, -0.1) is 0 Å². The molecular formula is C13H18O. The van der Waals surface area contributed by atoms with Gasteiger partial charge in [-0.1, -0.05) is 37.1 Å². The summed E-state index contributed by atoms with van der Waals surface area (Å²) in [6, 6.07) is 8.59. The van der Waals surface area contributed by atoms with Crippen molar-refractivity contribution in [1.29, 1.82) is 0 Å². The van der Waals surface area contributed by atoms with E-state index in [1.165, 1.54) is 36.8 Å². The van der Waals surface area contributed by atoms with E-state index in [1.54, 1.807) is 0 Å². The van der Waals surface area contributed by atoms with Crippen LogP contribution < -0.4 is 0 Å². The van der Waals surface area contributed by atoms with Gasteiger partial charge in [-0.2, -0.15) is 0 Å². The average Bonchev–Trinajstić information content (AvgIpc) is 2.68. The molecule has 0 bridgehead atoms. The SMILES string of the molecule is COC1(c2ccccc2C)CCCC1. The van der Waals surface area contributed by atoms with Crippen molar-refractivity contribution >= 4 is 0 Å². The van der Waals surface area contributed by atoms with E-state index in [9.17, 15) is 0 Å². The molecule has 1 saturated carbocycles. The summed E-state index contributed by atoms with van der Waals surface area (Å²) in [5.74, 6) is 0. The van der Waals surface area contributed by atoms with Crippen LogP contribution >= 0.6 is 0 Å². The van der Waals surface area contributed by atoms with E-state index in [1.807, 2.05) is 7.11 Å². The molecule has 0 atom stereocenters. The van der Waals surface area contributed by atoms with Crippen molar-refractivity contribution in [3.05, 3.63) is 35.4 Å². The number of hydrogen-bond acceptors (Lipinski definition) is 1. The predicted molar refractivity (Wildman–Crippen MR) is 58.3 cm³/mol.